The van der Waals surface area contributed by atoms with E-state index in [-0.39, 0.29) is 17.6 Å². The van der Waals surface area contributed by atoms with Crippen LogP contribution in [-0.4, -0.2) is 49.9 Å². The Morgan fingerprint density at radius 1 is 1.16 bits per heavy atom. The lowest BCUT2D eigenvalue weighted by molar-refractivity contribution is -0.136. The van der Waals surface area contributed by atoms with Gasteiger partial charge in [-0.05, 0) is 48.1 Å². The molecule has 0 fully saturated rings. The average Bonchev–Trinajstić information content (AvgIpc) is 2.87. The van der Waals surface area contributed by atoms with Gasteiger partial charge in [-0.2, -0.15) is 5.10 Å². The third-order valence-electron chi connectivity index (χ3n) is 5.89. The van der Waals surface area contributed by atoms with Crippen LogP contribution in [0.1, 0.15) is 57.4 Å². The molecule has 0 bridgehead atoms. The van der Waals surface area contributed by atoms with E-state index < -0.39 is 24.3 Å². The van der Waals surface area contributed by atoms with Gasteiger partial charge in [-0.25, -0.2) is 9.59 Å². The molecule has 0 spiro atoms. The highest BCUT2D eigenvalue weighted by Gasteiger charge is 2.32. The summed E-state index contributed by atoms with van der Waals surface area (Å²) < 4.78 is 16.4. The van der Waals surface area contributed by atoms with Crippen molar-refractivity contribution >= 4 is 18.2 Å². The largest absolute Gasteiger partial charge is 0.490 e. The fraction of sp³-hybridized carbons (Fsp3) is 0.393. The van der Waals surface area contributed by atoms with Crippen molar-refractivity contribution in [1.82, 2.24) is 16.1 Å². The molecule has 2 amide bonds. The summed E-state index contributed by atoms with van der Waals surface area (Å²) in [6.07, 6.45) is 0.548. The van der Waals surface area contributed by atoms with Gasteiger partial charge in [-0.3, -0.25) is 5.43 Å². The molecule has 0 aliphatic carbocycles. The quantitative estimate of drug-likeness (QED) is 0.162. The molecule has 2 aromatic carbocycles. The molecule has 1 heterocycles. The van der Waals surface area contributed by atoms with Crippen LogP contribution in [0.2, 0.25) is 0 Å². The summed E-state index contributed by atoms with van der Waals surface area (Å²) in [5.74, 6) is 0.228. The van der Waals surface area contributed by atoms with Gasteiger partial charge >= 0.3 is 12.0 Å². The van der Waals surface area contributed by atoms with Crippen LogP contribution in [0.15, 0.2) is 58.8 Å². The predicted octanol–water partition coefficient (Wildman–Crippen LogP) is 3.50. The number of urea groups is 1. The highest BCUT2D eigenvalue weighted by molar-refractivity contribution is 5.95. The molecular weight excluding hydrogens is 488 g/mol. The highest BCUT2D eigenvalue weighted by atomic mass is 16.5. The summed E-state index contributed by atoms with van der Waals surface area (Å²) in [5, 5.41) is 19.7. The summed E-state index contributed by atoms with van der Waals surface area (Å²) in [6.45, 7) is 10.2. The maximum absolute atomic E-state index is 12.4. The molecule has 1 aliphatic rings. The second-order valence-corrected chi connectivity index (χ2v) is 9.79. The molecule has 0 saturated heterocycles. The van der Waals surface area contributed by atoms with Crippen molar-refractivity contribution in [3.8, 4) is 11.5 Å². The Morgan fingerprint density at radius 2 is 1.87 bits per heavy atom. The Kier molecular flexibility index (Phi) is 9.35. The molecule has 1 aliphatic heterocycles. The second kappa shape index (κ2) is 12.5. The zero-order valence-electron chi connectivity index (χ0n) is 22.6. The number of amides is 2. The van der Waals surface area contributed by atoms with Gasteiger partial charge in [-0.1, -0.05) is 51.1 Å². The van der Waals surface area contributed by atoms with E-state index in [0.717, 1.165) is 5.56 Å². The van der Waals surface area contributed by atoms with Crippen LogP contribution >= 0.6 is 0 Å². The fourth-order valence-electron chi connectivity index (χ4n) is 3.89. The van der Waals surface area contributed by atoms with E-state index in [1.807, 2.05) is 19.1 Å². The molecule has 3 rings (SSSR count). The molecule has 0 unspecified atom stereocenters. The van der Waals surface area contributed by atoms with Crippen LogP contribution in [0.3, 0.4) is 0 Å². The van der Waals surface area contributed by atoms with Gasteiger partial charge < -0.3 is 30.0 Å². The molecule has 4 N–H and O–H groups in total. The van der Waals surface area contributed by atoms with Gasteiger partial charge in [0.2, 0.25) is 0 Å². The van der Waals surface area contributed by atoms with Crippen LogP contribution in [0.5, 0.6) is 11.5 Å². The van der Waals surface area contributed by atoms with E-state index in [2.05, 4.69) is 54.1 Å². The number of carbonyl (C=O) groups excluding carboxylic acids is 2. The molecular formula is C28H36N4O6. The molecule has 10 nitrogen and oxygen atoms in total. The number of hydrogen-bond acceptors (Lipinski definition) is 8. The van der Waals surface area contributed by atoms with Gasteiger partial charge in [0.15, 0.2) is 17.7 Å². The molecule has 204 valence electrons. The average molecular weight is 525 g/mol. The van der Waals surface area contributed by atoms with Crippen LogP contribution in [0, 0.1) is 0 Å². The maximum Gasteiger partial charge on any atom is 0.337 e. The lowest BCUT2D eigenvalue weighted by Gasteiger charge is -2.28. The number of aliphatic hydroxyl groups is 1. The number of rotatable bonds is 10. The van der Waals surface area contributed by atoms with Crippen molar-refractivity contribution < 1.29 is 28.9 Å². The van der Waals surface area contributed by atoms with Crippen molar-refractivity contribution in [3.63, 3.8) is 0 Å². The van der Waals surface area contributed by atoms with Crippen molar-refractivity contribution in [3.05, 3.63) is 70.4 Å². The first-order valence-corrected chi connectivity index (χ1v) is 12.4. The Balaban J connectivity index is 1.67. The number of esters is 1. The summed E-state index contributed by atoms with van der Waals surface area (Å²) in [6, 6.07) is 11.9. The summed E-state index contributed by atoms with van der Waals surface area (Å²) in [5.41, 5.74) is 6.13. The standard InChI is InChI=1S/C28H36N4O6/c1-7-37-22-14-19(25-24(26(34)36-6)17(2)30-27(35)31-25)10-13-21(22)38-16-23(33)32-29-15-18-8-11-20(12-9-18)28(3,4)5/h8-15,23,25,32-33H,7,16H2,1-6H3,(H2,30,31,35)/b29-15-/t23-,25+/m1/s1. The smallest absolute Gasteiger partial charge is 0.337 e. The number of ether oxygens (including phenoxy) is 3. The number of nitrogens with zero attached hydrogens (tertiary/aromatic N) is 1. The topological polar surface area (TPSA) is 131 Å². The Morgan fingerprint density at radius 3 is 2.50 bits per heavy atom. The van der Waals surface area contributed by atoms with E-state index in [0.29, 0.717) is 29.4 Å². The lowest BCUT2D eigenvalue weighted by atomic mass is 9.87. The van der Waals surface area contributed by atoms with Crippen LogP contribution in [-0.2, 0) is 14.9 Å². The molecule has 0 aromatic heterocycles. The number of allylic oxidation sites excluding steroid dienone is 1. The Labute approximate surface area is 223 Å². The third kappa shape index (κ3) is 7.25. The summed E-state index contributed by atoms with van der Waals surface area (Å²) >= 11 is 0. The first-order chi connectivity index (χ1) is 18.0. The van der Waals surface area contributed by atoms with E-state index in [4.69, 9.17) is 14.2 Å². The SMILES string of the molecule is CCOc1cc([C@@H]2NC(=O)NC(C)=C2C(=O)OC)ccc1OC[C@@H](O)N/N=C\c1ccc(C(C)(C)C)cc1. The molecule has 0 radical (unpaired) electrons. The van der Waals surface area contributed by atoms with E-state index >= 15 is 0 Å². The second-order valence-electron chi connectivity index (χ2n) is 9.79. The number of hydrogen-bond donors (Lipinski definition) is 4. The first kappa shape index (κ1) is 28.5. The van der Waals surface area contributed by atoms with Gasteiger partial charge in [-0.15, -0.1) is 0 Å². The predicted molar refractivity (Wildman–Crippen MR) is 144 cm³/mol. The Hall–Kier alpha value is -4.05. The van der Waals surface area contributed by atoms with E-state index in [1.54, 1.807) is 31.3 Å². The minimum atomic E-state index is -1.07. The van der Waals surface area contributed by atoms with Crippen LogP contribution in [0.4, 0.5) is 4.79 Å². The summed E-state index contributed by atoms with van der Waals surface area (Å²) in [7, 11) is 1.28. The Bertz CT molecular complexity index is 1200. The van der Waals surface area contributed by atoms with Gasteiger partial charge in [0.1, 0.15) is 6.61 Å². The summed E-state index contributed by atoms with van der Waals surface area (Å²) in [4.78, 5) is 24.5. The number of carbonyl (C=O) groups is 2. The van der Waals surface area contributed by atoms with Gasteiger partial charge in [0, 0.05) is 5.70 Å². The molecule has 38 heavy (non-hydrogen) atoms. The maximum atomic E-state index is 12.4. The van der Waals surface area contributed by atoms with Crippen molar-refractivity contribution in [2.24, 2.45) is 5.10 Å². The van der Waals surface area contributed by atoms with Crippen molar-refractivity contribution in [2.75, 3.05) is 20.3 Å². The van der Waals surface area contributed by atoms with Crippen molar-refractivity contribution in [1.29, 1.82) is 0 Å². The number of methoxy groups -OCH3 is 1. The zero-order valence-corrected chi connectivity index (χ0v) is 22.6. The van der Waals surface area contributed by atoms with Crippen LogP contribution in [0.25, 0.3) is 0 Å². The zero-order chi connectivity index (χ0) is 27.9. The third-order valence-corrected chi connectivity index (χ3v) is 5.89. The van der Waals surface area contributed by atoms with E-state index in [9.17, 15) is 14.7 Å². The number of hydrazone groups is 1. The molecule has 10 heteroatoms. The number of benzene rings is 2. The van der Waals surface area contributed by atoms with Gasteiger partial charge in [0.05, 0.1) is 31.5 Å². The fourth-order valence-corrected chi connectivity index (χ4v) is 3.89. The minimum absolute atomic E-state index is 0.0703. The number of aliphatic hydroxyl groups excluding tert-OH is 1. The molecule has 0 saturated carbocycles. The lowest BCUT2D eigenvalue weighted by Crippen LogP contribution is -2.45. The molecule has 2 atom stereocenters. The van der Waals surface area contributed by atoms with Crippen molar-refractivity contribution in [2.45, 2.75) is 52.3 Å². The molecule has 2 aromatic rings. The highest BCUT2D eigenvalue weighted by Crippen LogP contribution is 2.35. The normalized spacial score (nSPS) is 16.5. The van der Waals surface area contributed by atoms with Gasteiger partial charge in [0.25, 0.3) is 0 Å². The minimum Gasteiger partial charge on any atom is -0.490 e. The number of nitrogens with one attached hydrogen (secondary N) is 3. The van der Waals surface area contributed by atoms with Crippen LogP contribution < -0.4 is 25.5 Å². The van der Waals surface area contributed by atoms with E-state index in [1.165, 1.54) is 12.7 Å². The first-order valence-electron chi connectivity index (χ1n) is 12.4. The monoisotopic (exact) mass is 524 g/mol.